The Morgan fingerprint density at radius 1 is 0.914 bits per heavy atom. The van der Waals surface area contributed by atoms with Gasteiger partial charge in [0.2, 0.25) is 17.6 Å². The molecule has 35 heavy (non-hydrogen) atoms. The number of ether oxygens (including phenoxy) is 1. The summed E-state index contributed by atoms with van der Waals surface area (Å²) in [6.07, 6.45) is 5.11. The summed E-state index contributed by atoms with van der Waals surface area (Å²) in [5, 5.41) is 0. The highest BCUT2D eigenvalue weighted by Crippen LogP contribution is 2.53. The Bertz CT molecular complexity index is 1390. The van der Waals surface area contributed by atoms with Gasteiger partial charge in [0, 0.05) is 13.1 Å². The lowest BCUT2D eigenvalue weighted by Crippen LogP contribution is -2.44. The quantitative estimate of drug-likeness (QED) is 0.250. The maximum absolute atomic E-state index is 13.8. The maximum atomic E-state index is 13.8. The fourth-order valence-corrected chi connectivity index (χ4v) is 5.51. The zero-order valence-electron chi connectivity index (χ0n) is 18.7. The lowest BCUT2D eigenvalue weighted by Gasteiger charge is -2.35. The van der Waals surface area contributed by atoms with E-state index in [9.17, 15) is 19.2 Å². The second-order valence-electron chi connectivity index (χ2n) is 8.77. The number of amides is 2. The molecule has 0 spiro atoms. The Labute approximate surface area is 200 Å². The molecule has 4 atom stereocenters. The van der Waals surface area contributed by atoms with E-state index in [1.54, 1.807) is 30.5 Å². The Hall–Kier alpha value is -4.46. The predicted octanol–water partition coefficient (Wildman–Crippen LogP) is 3.60. The van der Waals surface area contributed by atoms with Gasteiger partial charge in [0.05, 0.1) is 29.8 Å². The third-order valence-corrected chi connectivity index (χ3v) is 6.85. The first-order valence-electron chi connectivity index (χ1n) is 11.2. The van der Waals surface area contributed by atoms with Crippen molar-refractivity contribution in [1.82, 2.24) is 4.90 Å². The summed E-state index contributed by atoms with van der Waals surface area (Å²) in [6.45, 7) is 1.29. The average molecular weight is 468 g/mol. The van der Waals surface area contributed by atoms with E-state index in [-0.39, 0.29) is 17.5 Å². The lowest BCUT2D eigenvalue weighted by molar-refractivity contribution is -0.132. The molecule has 0 saturated carbocycles. The molecule has 2 amide bonds. The first-order valence-corrected chi connectivity index (χ1v) is 11.2. The van der Waals surface area contributed by atoms with Gasteiger partial charge in [-0.1, -0.05) is 24.3 Å². The smallest absolute Gasteiger partial charge is 0.308 e. The topological polar surface area (TPSA) is 97.1 Å². The Morgan fingerprint density at radius 2 is 1.66 bits per heavy atom. The molecular weight excluding hydrogens is 448 g/mol. The Kier molecular flexibility index (Phi) is 4.70. The molecule has 8 nitrogen and oxygen atoms in total. The van der Waals surface area contributed by atoms with Crippen molar-refractivity contribution in [1.29, 1.82) is 0 Å². The number of nitrogens with zero attached hydrogens (tertiary/aromatic N) is 2. The van der Waals surface area contributed by atoms with Crippen LogP contribution in [0, 0.1) is 11.8 Å². The van der Waals surface area contributed by atoms with Crippen LogP contribution in [0.25, 0.3) is 6.08 Å². The van der Waals surface area contributed by atoms with E-state index < -0.39 is 35.8 Å². The monoisotopic (exact) mass is 468 g/mol. The summed E-state index contributed by atoms with van der Waals surface area (Å²) in [5.74, 6) is -2.79. The van der Waals surface area contributed by atoms with Crippen LogP contribution in [-0.4, -0.2) is 34.5 Å². The molecule has 2 saturated heterocycles. The van der Waals surface area contributed by atoms with Crippen LogP contribution >= 0.6 is 0 Å². The van der Waals surface area contributed by atoms with Crippen molar-refractivity contribution in [3.63, 3.8) is 0 Å². The molecule has 0 unspecified atom stereocenters. The van der Waals surface area contributed by atoms with Crippen molar-refractivity contribution in [2.24, 2.45) is 11.8 Å². The number of hydrogen-bond acceptors (Lipinski definition) is 7. The van der Waals surface area contributed by atoms with Gasteiger partial charge in [-0.3, -0.25) is 19.2 Å². The average Bonchev–Trinajstić information content (AvgIpc) is 3.56. The van der Waals surface area contributed by atoms with Crippen LogP contribution in [-0.2, 0) is 14.4 Å². The minimum Gasteiger partial charge on any atom is -0.461 e. The first kappa shape index (κ1) is 21.1. The number of benzene rings is 2. The summed E-state index contributed by atoms with van der Waals surface area (Å²) in [5.41, 5.74) is 2.21. The van der Waals surface area contributed by atoms with Gasteiger partial charge < -0.3 is 14.1 Å². The number of carbonyl (C=O) groups excluding carboxylic acids is 4. The normalized spacial score (nSPS) is 24.3. The van der Waals surface area contributed by atoms with Crippen molar-refractivity contribution in [3.05, 3.63) is 90.0 Å². The van der Waals surface area contributed by atoms with Gasteiger partial charge in [0.25, 0.3) is 0 Å². The minimum atomic E-state index is -0.887. The molecule has 4 heterocycles. The number of rotatable bonds is 4. The highest BCUT2D eigenvalue weighted by molar-refractivity contribution is 6.24. The van der Waals surface area contributed by atoms with E-state index >= 15 is 0 Å². The van der Waals surface area contributed by atoms with Crippen LogP contribution in [0.1, 0.15) is 34.6 Å². The Balaban J connectivity index is 1.44. The molecule has 8 heteroatoms. The van der Waals surface area contributed by atoms with Crippen LogP contribution in [0.3, 0.4) is 0 Å². The molecule has 0 bridgehead atoms. The summed E-state index contributed by atoms with van der Waals surface area (Å²) >= 11 is 0. The third kappa shape index (κ3) is 3.13. The minimum absolute atomic E-state index is 0.145. The van der Waals surface area contributed by atoms with E-state index in [0.717, 1.165) is 16.0 Å². The summed E-state index contributed by atoms with van der Waals surface area (Å²) in [6, 6.07) is 15.7. The largest absolute Gasteiger partial charge is 0.461 e. The molecule has 1 aromatic heterocycles. The number of fused-ring (bicyclic) bond motifs is 5. The maximum Gasteiger partial charge on any atom is 0.308 e. The number of hydrogen-bond donors (Lipinski definition) is 0. The van der Waals surface area contributed by atoms with Crippen molar-refractivity contribution < 1.29 is 28.3 Å². The number of anilines is 1. The molecule has 0 radical (unpaired) electrons. The summed E-state index contributed by atoms with van der Waals surface area (Å²) < 4.78 is 10.4. The second-order valence-corrected chi connectivity index (χ2v) is 8.77. The van der Waals surface area contributed by atoms with Crippen molar-refractivity contribution >= 4 is 35.3 Å². The number of esters is 1. The van der Waals surface area contributed by atoms with Gasteiger partial charge in [-0.25, -0.2) is 4.90 Å². The zero-order valence-corrected chi connectivity index (χ0v) is 18.7. The number of ketones is 1. The molecule has 3 aliphatic heterocycles. The van der Waals surface area contributed by atoms with Gasteiger partial charge in [0.1, 0.15) is 11.8 Å². The summed E-state index contributed by atoms with van der Waals surface area (Å²) in [4.78, 5) is 55.4. The fraction of sp³-hybridized carbons (Fsp3) is 0.185. The number of furan rings is 1. The molecule has 3 aromatic rings. The molecular formula is C27H20N2O6. The Morgan fingerprint density at radius 3 is 2.37 bits per heavy atom. The van der Waals surface area contributed by atoms with Gasteiger partial charge in [-0.15, -0.1) is 0 Å². The zero-order chi connectivity index (χ0) is 24.3. The van der Waals surface area contributed by atoms with E-state index in [1.807, 2.05) is 35.2 Å². The number of Topliss-reactive ketones (excluding diaryl/α,β-unsaturated/α-hetero) is 1. The highest BCUT2D eigenvalue weighted by atomic mass is 16.5. The van der Waals surface area contributed by atoms with Crippen LogP contribution in [0.15, 0.2) is 77.5 Å². The van der Waals surface area contributed by atoms with Crippen molar-refractivity contribution in [2.45, 2.75) is 19.0 Å². The first-order chi connectivity index (χ1) is 17.0. The lowest BCUT2D eigenvalue weighted by atomic mass is 9.84. The van der Waals surface area contributed by atoms with Crippen molar-refractivity contribution in [3.8, 4) is 5.75 Å². The highest BCUT2D eigenvalue weighted by Gasteiger charge is 2.64. The third-order valence-electron chi connectivity index (χ3n) is 6.85. The van der Waals surface area contributed by atoms with Crippen LogP contribution in [0.5, 0.6) is 5.75 Å². The summed E-state index contributed by atoms with van der Waals surface area (Å²) in [7, 11) is 0. The molecule has 0 aliphatic carbocycles. The van der Waals surface area contributed by atoms with Gasteiger partial charge >= 0.3 is 5.97 Å². The molecule has 174 valence electrons. The fourth-order valence-electron chi connectivity index (χ4n) is 5.51. The number of imide groups is 1. The molecule has 0 N–H and O–H groups in total. The van der Waals surface area contributed by atoms with E-state index in [2.05, 4.69) is 0 Å². The van der Waals surface area contributed by atoms with E-state index in [4.69, 9.17) is 9.15 Å². The number of carbonyl (C=O) groups is 4. The molecule has 2 aromatic carbocycles. The van der Waals surface area contributed by atoms with Gasteiger partial charge in [-0.05, 0) is 53.6 Å². The standard InChI is InChI=1S/C27H20N2O6/c1-15(30)35-18-10-8-17(9-11-18)29-26(32)21-22(27(29)33)24(25(31)20-7-4-14-34-20)28-13-12-16-5-2-3-6-19(16)23(21)28/h2-14,21-24H,1H3/t21-,22+,23-,24+/m0/s1. The van der Waals surface area contributed by atoms with Gasteiger partial charge in [-0.2, -0.15) is 0 Å². The second kappa shape index (κ2) is 7.80. The SMILES string of the molecule is CC(=O)Oc1ccc(N2C(=O)[C@@H]3[C@H](C2=O)[C@@H]2c4ccccc4C=CN2[C@H]3C(=O)c2ccco2)cc1. The van der Waals surface area contributed by atoms with Crippen LogP contribution in [0.4, 0.5) is 5.69 Å². The van der Waals surface area contributed by atoms with Gasteiger partial charge in [0.15, 0.2) is 5.76 Å². The van der Waals surface area contributed by atoms with E-state index in [0.29, 0.717) is 11.4 Å². The molecule has 3 aliphatic rings. The van der Waals surface area contributed by atoms with E-state index in [1.165, 1.54) is 25.3 Å². The molecule has 2 fully saturated rings. The molecule has 6 rings (SSSR count). The van der Waals surface area contributed by atoms with Crippen LogP contribution in [0.2, 0.25) is 0 Å². The van der Waals surface area contributed by atoms with Crippen LogP contribution < -0.4 is 9.64 Å². The van der Waals surface area contributed by atoms with Crippen molar-refractivity contribution in [2.75, 3.05) is 4.90 Å². The predicted molar refractivity (Wildman–Crippen MR) is 124 cm³/mol.